The number of hydrogen-bond donors (Lipinski definition) is 1. The molecule has 1 N–H and O–H groups in total. The third kappa shape index (κ3) is 2.68. The minimum atomic E-state index is -0.142. The molecule has 0 aromatic carbocycles. The Labute approximate surface area is 102 Å². The highest BCUT2D eigenvalue weighted by Gasteiger charge is 2.29. The number of aromatic nitrogens is 1. The molecule has 1 aromatic heterocycles. The second-order valence-electron chi connectivity index (χ2n) is 5.18. The fourth-order valence-corrected chi connectivity index (χ4v) is 2.50. The van der Waals surface area contributed by atoms with E-state index in [2.05, 4.69) is 24.3 Å². The lowest BCUT2D eigenvalue weighted by Crippen LogP contribution is -2.43. The number of aryl methyl sites for hydroxylation is 1. The third-order valence-corrected chi connectivity index (χ3v) is 3.88. The molecule has 1 heterocycles. The van der Waals surface area contributed by atoms with E-state index in [4.69, 9.17) is 4.52 Å². The summed E-state index contributed by atoms with van der Waals surface area (Å²) in [5.41, 5.74) is 0.736. The second kappa shape index (κ2) is 4.90. The first kappa shape index (κ1) is 12.1. The first-order valence-electron chi connectivity index (χ1n) is 6.32. The van der Waals surface area contributed by atoms with E-state index < -0.39 is 0 Å². The molecule has 4 heteroatoms. The molecular weight excluding hydrogens is 216 g/mol. The number of rotatable bonds is 2. The van der Waals surface area contributed by atoms with Crippen LogP contribution in [0.2, 0.25) is 0 Å². The first-order chi connectivity index (χ1) is 8.08. The van der Waals surface area contributed by atoms with Crippen LogP contribution in [0, 0.1) is 18.8 Å². The van der Waals surface area contributed by atoms with Gasteiger partial charge in [-0.2, -0.15) is 0 Å². The summed E-state index contributed by atoms with van der Waals surface area (Å²) in [5.74, 6) is 1.37. The lowest BCUT2D eigenvalue weighted by atomic mass is 9.78. The summed E-state index contributed by atoms with van der Waals surface area (Å²) in [6, 6.07) is 1.93. The zero-order valence-corrected chi connectivity index (χ0v) is 10.7. The van der Waals surface area contributed by atoms with E-state index in [-0.39, 0.29) is 11.9 Å². The Kier molecular flexibility index (Phi) is 3.50. The van der Waals surface area contributed by atoms with Crippen LogP contribution in [-0.2, 0) is 0 Å². The van der Waals surface area contributed by atoms with Crippen molar-refractivity contribution < 1.29 is 9.32 Å². The van der Waals surface area contributed by atoms with Crippen molar-refractivity contribution in [3.05, 3.63) is 17.5 Å². The topological polar surface area (TPSA) is 55.1 Å². The molecule has 0 spiro atoms. The molecule has 1 aliphatic carbocycles. The maximum Gasteiger partial charge on any atom is 0.290 e. The molecule has 2 rings (SSSR count). The highest BCUT2D eigenvalue weighted by atomic mass is 16.5. The van der Waals surface area contributed by atoms with Crippen molar-refractivity contribution in [2.24, 2.45) is 11.8 Å². The number of hydrogen-bond acceptors (Lipinski definition) is 3. The normalized spacial score (nSPS) is 29.0. The van der Waals surface area contributed by atoms with Crippen LogP contribution in [0.15, 0.2) is 10.6 Å². The fourth-order valence-electron chi connectivity index (χ4n) is 2.50. The zero-order valence-electron chi connectivity index (χ0n) is 10.7. The Hall–Kier alpha value is -1.32. The van der Waals surface area contributed by atoms with Gasteiger partial charge in [-0.3, -0.25) is 4.79 Å². The van der Waals surface area contributed by atoms with Crippen LogP contribution in [0.3, 0.4) is 0 Å². The van der Waals surface area contributed by atoms with Crippen LogP contribution in [0.5, 0.6) is 0 Å². The van der Waals surface area contributed by atoms with Crippen molar-refractivity contribution in [1.82, 2.24) is 10.5 Å². The van der Waals surface area contributed by atoms with E-state index in [0.29, 0.717) is 17.6 Å². The number of nitrogens with one attached hydrogen (secondary N) is 1. The van der Waals surface area contributed by atoms with Crippen LogP contribution in [-0.4, -0.2) is 17.1 Å². The van der Waals surface area contributed by atoms with Gasteiger partial charge in [0.05, 0.1) is 5.69 Å². The maximum absolute atomic E-state index is 11.9. The lowest BCUT2D eigenvalue weighted by molar-refractivity contribution is 0.0854. The van der Waals surface area contributed by atoms with Crippen LogP contribution in [0.25, 0.3) is 0 Å². The molecule has 0 bridgehead atoms. The predicted molar refractivity (Wildman–Crippen MR) is 64.7 cm³/mol. The molecule has 4 nitrogen and oxygen atoms in total. The third-order valence-electron chi connectivity index (χ3n) is 3.88. The van der Waals surface area contributed by atoms with Crippen molar-refractivity contribution in [3.63, 3.8) is 0 Å². The Balaban J connectivity index is 1.98. The summed E-state index contributed by atoms with van der Waals surface area (Å²) in [7, 11) is 0. The molecule has 1 aliphatic rings. The van der Waals surface area contributed by atoms with E-state index in [1.165, 1.54) is 12.8 Å². The van der Waals surface area contributed by atoms with Crippen molar-refractivity contribution >= 4 is 5.91 Å². The van der Waals surface area contributed by atoms with E-state index in [1.54, 1.807) is 6.07 Å². The molecule has 17 heavy (non-hydrogen) atoms. The fraction of sp³-hybridized carbons (Fsp3) is 0.692. The minimum Gasteiger partial charge on any atom is -0.351 e. The molecule has 1 saturated carbocycles. The summed E-state index contributed by atoms with van der Waals surface area (Å²) in [5, 5.41) is 6.78. The molecule has 1 amide bonds. The SMILES string of the molecule is Cc1cc(C(=O)NC2CCCC(C)C2C)on1. The number of nitrogens with zero attached hydrogens (tertiary/aromatic N) is 1. The molecule has 0 aliphatic heterocycles. The van der Waals surface area contributed by atoms with Gasteiger partial charge in [0, 0.05) is 12.1 Å². The second-order valence-corrected chi connectivity index (χ2v) is 5.18. The smallest absolute Gasteiger partial charge is 0.290 e. The molecule has 0 radical (unpaired) electrons. The van der Waals surface area contributed by atoms with Gasteiger partial charge in [-0.05, 0) is 25.2 Å². The van der Waals surface area contributed by atoms with Crippen LogP contribution >= 0.6 is 0 Å². The Morgan fingerprint density at radius 1 is 1.47 bits per heavy atom. The molecule has 94 valence electrons. The van der Waals surface area contributed by atoms with Gasteiger partial charge in [0.25, 0.3) is 5.91 Å². The first-order valence-corrected chi connectivity index (χ1v) is 6.32. The van der Waals surface area contributed by atoms with Gasteiger partial charge in [0.1, 0.15) is 0 Å². The van der Waals surface area contributed by atoms with Gasteiger partial charge in [-0.1, -0.05) is 31.8 Å². The molecule has 3 unspecified atom stereocenters. The average Bonchev–Trinajstić information content (AvgIpc) is 2.72. The summed E-state index contributed by atoms with van der Waals surface area (Å²) < 4.78 is 4.97. The summed E-state index contributed by atoms with van der Waals surface area (Å²) in [4.78, 5) is 11.9. The van der Waals surface area contributed by atoms with Gasteiger partial charge in [-0.25, -0.2) is 0 Å². The predicted octanol–water partition coefficient (Wildman–Crippen LogP) is 2.54. The Morgan fingerprint density at radius 2 is 2.24 bits per heavy atom. The van der Waals surface area contributed by atoms with Crippen LogP contribution in [0.1, 0.15) is 49.4 Å². The van der Waals surface area contributed by atoms with Gasteiger partial charge < -0.3 is 9.84 Å². The number of amides is 1. The maximum atomic E-state index is 11.9. The lowest BCUT2D eigenvalue weighted by Gasteiger charge is -2.34. The zero-order chi connectivity index (χ0) is 12.4. The summed E-state index contributed by atoms with van der Waals surface area (Å²) >= 11 is 0. The number of carbonyl (C=O) groups is 1. The van der Waals surface area contributed by atoms with Gasteiger partial charge in [-0.15, -0.1) is 0 Å². The van der Waals surface area contributed by atoms with E-state index in [1.807, 2.05) is 6.92 Å². The van der Waals surface area contributed by atoms with Crippen molar-refractivity contribution in [2.75, 3.05) is 0 Å². The van der Waals surface area contributed by atoms with E-state index >= 15 is 0 Å². The van der Waals surface area contributed by atoms with Crippen LogP contribution in [0.4, 0.5) is 0 Å². The van der Waals surface area contributed by atoms with Gasteiger partial charge >= 0.3 is 0 Å². The average molecular weight is 236 g/mol. The Bertz CT molecular complexity index is 400. The molecule has 1 aromatic rings. The van der Waals surface area contributed by atoms with Gasteiger partial charge in [0.2, 0.25) is 5.76 Å². The Morgan fingerprint density at radius 3 is 2.88 bits per heavy atom. The van der Waals surface area contributed by atoms with E-state index in [0.717, 1.165) is 12.1 Å². The monoisotopic (exact) mass is 236 g/mol. The largest absolute Gasteiger partial charge is 0.351 e. The summed E-state index contributed by atoms with van der Waals surface area (Å²) in [6.07, 6.45) is 3.51. The molecule has 0 saturated heterocycles. The van der Waals surface area contributed by atoms with Crippen LogP contribution < -0.4 is 5.32 Å². The van der Waals surface area contributed by atoms with Crippen molar-refractivity contribution in [1.29, 1.82) is 0 Å². The van der Waals surface area contributed by atoms with Gasteiger partial charge in [0.15, 0.2) is 0 Å². The van der Waals surface area contributed by atoms with Crippen molar-refractivity contribution in [3.8, 4) is 0 Å². The highest BCUT2D eigenvalue weighted by molar-refractivity contribution is 5.91. The minimum absolute atomic E-state index is 0.142. The number of carbonyl (C=O) groups excluding carboxylic acids is 1. The summed E-state index contributed by atoms with van der Waals surface area (Å²) in [6.45, 7) is 6.27. The molecule has 3 atom stereocenters. The van der Waals surface area contributed by atoms with Crippen molar-refractivity contribution in [2.45, 2.75) is 46.1 Å². The quantitative estimate of drug-likeness (QED) is 0.858. The highest BCUT2D eigenvalue weighted by Crippen LogP contribution is 2.29. The standard InChI is InChI=1S/C13H20N2O2/c1-8-5-4-6-11(10(8)3)14-13(16)12-7-9(2)15-17-12/h7-8,10-11H,4-6H2,1-3H3,(H,14,16). The molecular formula is C13H20N2O2. The van der Waals surface area contributed by atoms with E-state index in [9.17, 15) is 4.79 Å². The molecule has 1 fully saturated rings.